The van der Waals surface area contributed by atoms with E-state index in [1.165, 1.54) is 11.0 Å². The van der Waals surface area contributed by atoms with Crippen molar-refractivity contribution >= 4 is 51.0 Å². The van der Waals surface area contributed by atoms with Crippen molar-refractivity contribution in [1.82, 2.24) is 4.90 Å². The van der Waals surface area contributed by atoms with Crippen LogP contribution in [0.5, 0.6) is 0 Å². The van der Waals surface area contributed by atoms with Crippen LogP contribution < -0.4 is 5.73 Å². The molecule has 5 rings (SSSR count). The van der Waals surface area contributed by atoms with Gasteiger partial charge in [0.1, 0.15) is 0 Å². The molecule has 0 fully saturated rings. The molecular formula is C28H22N2O6. The van der Waals surface area contributed by atoms with E-state index in [1.54, 1.807) is 30.3 Å². The summed E-state index contributed by atoms with van der Waals surface area (Å²) in [5, 5.41) is 22.1. The van der Waals surface area contributed by atoms with Crippen LogP contribution in [0.2, 0.25) is 0 Å². The molecular weight excluding hydrogens is 460 g/mol. The molecule has 0 aliphatic carbocycles. The summed E-state index contributed by atoms with van der Waals surface area (Å²) in [6.45, 7) is 0.276. The summed E-state index contributed by atoms with van der Waals surface area (Å²) in [6, 6.07) is 17.5. The normalized spacial score (nSPS) is 12.9. The van der Waals surface area contributed by atoms with Crippen LogP contribution >= 0.6 is 0 Å². The number of carboxylic acids is 2. The molecule has 36 heavy (non-hydrogen) atoms. The summed E-state index contributed by atoms with van der Waals surface area (Å²) in [6.07, 6.45) is 1.74. The number of fused-ring (bicyclic) bond motifs is 4. The second kappa shape index (κ2) is 8.81. The fourth-order valence-corrected chi connectivity index (χ4v) is 5.03. The molecule has 4 N–H and O–H groups in total. The minimum absolute atomic E-state index is 0.105. The molecule has 0 saturated heterocycles. The molecule has 0 aromatic heterocycles. The number of anilines is 1. The van der Waals surface area contributed by atoms with Gasteiger partial charge in [-0.3, -0.25) is 14.5 Å². The lowest BCUT2D eigenvalue weighted by atomic mass is 9.89. The fraction of sp³-hybridized carbons (Fsp3) is 0.143. The van der Waals surface area contributed by atoms with Crippen LogP contribution in [0.15, 0.2) is 60.7 Å². The summed E-state index contributed by atoms with van der Waals surface area (Å²) in [7, 11) is 0. The average Bonchev–Trinajstić information content (AvgIpc) is 3.10. The lowest BCUT2D eigenvalue weighted by Gasteiger charge is -2.16. The number of rotatable bonds is 7. The smallest absolute Gasteiger partial charge is 0.338 e. The number of nitrogens with two attached hydrogens (primary N) is 1. The molecule has 0 spiro atoms. The molecule has 180 valence electrons. The molecule has 0 atom stereocenters. The highest BCUT2D eigenvalue weighted by molar-refractivity contribution is 6.22. The predicted molar refractivity (Wildman–Crippen MR) is 135 cm³/mol. The van der Waals surface area contributed by atoms with Gasteiger partial charge >= 0.3 is 11.9 Å². The van der Waals surface area contributed by atoms with Crippen molar-refractivity contribution in [2.45, 2.75) is 19.3 Å². The van der Waals surface area contributed by atoms with Gasteiger partial charge in [0, 0.05) is 12.2 Å². The second-order valence-corrected chi connectivity index (χ2v) is 8.77. The third-order valence-corrected chi connectivity index (χ3v) is 6.66. The number of carboxylic acid groups (broad SMARTS) is 2. The van der Waals surface area contributed by atoms with Crippen molar-refractivity contribution in [2.75, 3.05) is 12.3 Å². The molecule has 8 nitrogen and oxygen atoms in total. The number of aromatic carboxylic acids is 2. The minimum Gasteiger partial charge on any atom is -0.478 e. The molecule has 1 heterocycles. The number of hydrogen-bond acceptors (Lipinski definition) is 5. The van der Waals surface area contributed by atoms with E-state index in [-0.39, 0.29) is 29.6 Å². The highest BCUT2D eigenvalue weighted by Crippen LogP contribution is 2.36. The quantitative estimate of drug-likeness (QED) is 0.152. The van der Waals surface area contributed by atoms with Crippen LogP contribution in [0.25, 0.3) is 21.5 Å². The Bertz CT molecular complexity index is 1570. The largest absolute Gasteiger partial charge is 0.478 e. The van der Waals surface area contributed by atoms with Crippen molar-refractivity contribution in [2.24, 2.45) is 0 Å². The van der Waals surface area contributed by atoms with E-state index in [1.807, 2.05) is 24.3 Å². The van der Waals surface area contributed by atoms with Crippen LogP contribution in [0.3, 0.4) is 0 Å². The minimum atomic E-state index is -1.40. The number of nitrogen functional groups attached to an aromatic ring is 1. The van der Waals surface area contributed by atoms with Gasteiger partial charge in [0.05, 0.1) is 22.3 Å². The predicted octanol–water partition coefficient (Wildman–Crippen LogP) is 4.59. The molecule has 4 aromatic rings. The van der Waals surface area contributed by atoms with E-state index in [0.29, 0.717) is 41.2 Å². The van der Waals surface area contributed by atoms with Crippen molar-refractivity contribution < 1.29 is 29.4 Å². The van der Waals surface area contributed by atoms with E-state index < -0.39 is 17.5 Å². The van der Waals surface area contributed by atoms with Crippen LogP contribution in [-0.4, -0.2) is 45.4 Å². The third kappa shape index (κ3) is 3.63. The number of hydrogen-bond donors (Lipinski definition) is 3. The number of carbonyl (C=O) groups is 4. The van der Waals surface area contributed by atoms with Gasteiger partial charge in [-0.1, -0.05) is 36.4 Å². The number of benzene rings is 4. The van der Waals surface area contributed by atoms with Gasteiger partial charge in [0.15, 0.2) is 0 Å². The zero-order valence-electron chi connectivity index (χ0n) is 19.2. The molecule has 1 aliphatic rings. The number of unbranched alkanes of at least 4 members (excludes halogenated alkanes) is 1. The highest BCUT2D eigenvalue weighted by atomic mass is 16.4. The van der Waals surface area contributed by atoms with E-state index in [0.717, 1.165) is 16.3 Å². The zero-order chi connectivity index (χ0) is 25.6. The Morgan fingerprint density at radius 1 is 0.722 bits per heavy atom. The van der Waals surface area contributed by atoms with E-state index in [9.17, 15) is 29.4 Å². The third-order valence-electron chi connectivity index (χ3n) is 6.66. The summed E-state index contributed by atoms with van der Waals surface area (Å²) in [5.41, 5.74) is 6.77. The first-order valence-corrected chi connectivity index (χ1v) is 11.5. The van der Waals surface area contributed by atoms with Crippen molar-refractivity contribution in [3.63, 3.8) is 0 Å². The van der Waals surface area contributed by atoms with Gasteiger partial charge in [-0.15, -0.1) is 0 Å². The highest BCUT2D eigenvalue weighted by Gasteiger charge is 2.34. The molecule has 2 amide bonds. The summed E-state index contributed by atoms with van der Waals surface area (Å²) < 4.78 is 0. The first-order chi connectivity index (χ1) is 17.3. The zero-order valence-corrected chi connectivity index (χ0v) is 19.2. The number of nitrogens with zero attached hydrogens (tertiary/aromatic N) is 1. The lowest BCUT2D eigenvalue weighted by Crippen LogP contribution is -2.30. The molecule has 1 aliphatic heterocycles. The Hall–Kier alpha value is -4.72. The Morgan fingerprint density at radius 3 is 1.92 bits per heavy atom. The monoisotopic (exact) mass is 482 g/mol. The number of amides is 2. The molecule has 0 bridgehead atoms. The number of imide groups is 1. The van der Waals surface area contributed by atoms with Gasteiger partial charge in [-0.05, 0) is 70.6 Å². The maximum atomic E-state index is 12.6. The lowest BCUT2D eigenvalue weighted by molar-refractivity contribution is 0.0648. The summed E-state index contributed by atoms with van der Waals surface area (Å²) in [5.74, 6) is -3.35. The van der Waals surface area contributed by atoms with E-state index >= 15 is 0 Å². The Morgan fingerprint density at radius 2 is 1.31 bits per heavy atom. The Balaban J connectivity index is 1.46. The van der Waals surface area contributed by atoms with E-state index in [4.69, 9.17) is 5.73 Å². The topological polar surface area (TPSA) is 138 Å². The fourth-order valence-electron chi connectivity index (χ4n) is 5.03. The molecule has 0 saturated carbocycles. The average molecular weight is 482 g/mol. The standard InChI is InChI=1S/C28H22N2O6/c29-22-14-20-17-9-2-1-8-16(17)15(13-21(20)23(27(33)34)24(22)28(35)36)7-5-6-12-30-25(31)18-10-3-4-11-19(18)26(30)32/h1-4,8-11,13-14H,5-7,12,29H2,(H,33,34)(H,35,36). The Labute approximate surface area is 205 Å². The van der Waals surface area contributed by atoms with Crippen molar-refractivity contribution in [3.8, 4) is 0 Å². The maximum Gasteiger partial charge on any atom is 0.338 e. The van der Waals surface area contributed by atoms with Gasteiger partial charge in [-0.25, -0.2) is 9.59 Å². The van der Waals surface area contributed by atoms with Crippen LogP contribution in [0, 0.1) is 0 Å². The van der Waals surface area contributed by atoms with Crippen molar-refractivity contribution in [1.29, 1.82) is 0 Å². The van der Waals surface area contributed by atoms with Gasteiger partial charge in [0.25, 0.3) is 11.8 Å². The molecule has 0 radical (unpaired) electrons. The first kappa shape index (κ1) is 23.0. The number of aryl methyl sites for hydroxylation is 1. The van der Waals surface area contributed by atoms with Crippen LogP contribution in [0.1, 0.15) is 59.8 Å². The number of carbonyl (C=O) groups excluding carboxylic acids is 2. The molecule has 0 unspecified atom stereocenters. The van der Waals surface area contributed by atoms with E-state index in [2.05, 4.69) is 0 Å². The first-order valence-electron chi connectivity index (χ1n) is 11.5. The summed E-state index contributed by atoms with van der Waals surface area (Å²) in [4.78, 5) is 50.4. The van der Waals surface area contributed by atoms with Gasteiger partial charge in [-0.2, -0.15) is 0 Å². The maximum absolute atomic E-state index is 12.6. The second-order valence-electron chi connectivity index (χ2n) is 8.77. The SMILES string of the molecule is Nc1cc2c(cc(CCCCN3C(=O)c4ccccc4C3=O)c3ccccc32)c(C(=O)O)c1C(=O)O. The van der Waals surface area contributed by atoms with Crippen LogP contribution in [0.4, 0.5) is 5.69 Å². The molecule has 8 heteroatoms. The summed E-state index contributed by atoms with van der Waals surface area (Å²) >= 11 is 0. The van der Waals surface area contributed by atoms with Gasteiger partial charge < -0.3 is 15.9 Å². The van der Waals surface area contributed by atoms with Gasteiger partial charge in [0.2, 0.25) is 0 Å². The van der Waals surface area contributed by atoms with Crippen LogP contribution in [-0.2, 0) is 6.42 Å². The van der Waals surface area contributed by atoms with Crippen molar-refractivity contribution in [3.05, 3.63) is 88.5 Å². The molecule has 4 aromatic carbocycles. The Kier molecular flexibility index (Phi) is 5.64.